The van der Waals surface area contributed by atoms with Gasteiger partial charge in [-0.2, -0.15) is 5.26 Å². The van der Waals surface area contributed by atoms with Crippen LogP contribution in [-0.2, 0) is 4.74 Å². The molecule has 1 rings (SSSR count). The molecule has 20 heavy (non-hydrogen) atoms. The number of amides is 1. The summed E-state index contributed by atoms with van der Waals surface area (Å²) in [5.74, 6) is 0.393. The lowest BCUT2D eigenvalue weighted by Crippen LogP contribution is -2.43. The lowest BCUT2D eigenvalue weighted by Gasteiger charge is -2.34. The van der Waals surface area contributed by atoms with Gasteiger partial charge < -0.3 is 14.7 Å². The number of hydrogen-bond donors (Lipinski definition) is 1. The van der Waals surface area contributed by atoms with E-state index in [1.54, 1.807) is 4.90 Å². The number of likely N-dealkylation sites (tertiary alicyclic amines) is 1. The Labute approximate surface area is 121 Å². The van der Waals surface area contributed by atoms with Gasteiger partial charge in [0.1, 0.15) is 5.60 Å². The maximum Gasteiger partial charge on any atom is 0.410 e. The zero-order valence-corrected chi connectivity index (χ0v) is 12.8. The minimum atomic E-state index is -0.545. The quantitative estimate of drug-likeness (QED) is 0.860. The Bertz CT molecular complexity index is 357. The van der Waals surface area contributed by atoms with E-state index in [1.165, 1.54) is 0 Å². The van der Waals surface area contributed by atoms with Crippen LogP contribution in [0.25, 0.3) is 0 Å². The number of piperidine rings is 1. The second-order valence-corrected chi connectivity index (χ2v) is 6.53. The third kappa shape index (κ3) is 6.25. The van der Waals surface area contributed by atoms with Crippen LogP contribution in [0.1, 0.15) is 52.9 Å². The number of hydrogen-bond acceptors (Lipinski definition) is 4. The maximum absolute atomic E-state index is 12.0. The summed E-state index contributed by atoms with van der Waals surface area (Å²) in [6.07, 6.45) is 2.90. The molecule has 0 bridgehead atoms. The average molecular weight is 282 g/mol. The van der Waals surface area contributed by atoms with E-state index >= 15 is 0 Å². The standard InChI is InChI=1S/C15H26N2O3/c1-15(2,3)20-14(19)17-10-4-5-12(11-17)6-7-13(18)8-9-16/h12-13,18H,4-8,10-11H2,1-3H3. The van der Waals surface area contributed by atoms with Gasteiger partial charge in [-0.15, -0.1) is 0 Å². The first kappa shape index (κ1) is 16.8. The van der Waals surface area contributed by atoms with Crippen molar-refractivity contribution in [1.29, 1.82) is 5.26 Å². The molecule has 114 valence electrons. The molecule has 1 aliphatic rings. The summed E-state index contributed by atoms with van der Waals surface area (Å²) in [4.78, 5) is 13.8. The highest BCUT2D eigenvalue weighted by molar-refractivity contribution is 5.68. The van der Waals surface area contributed by atoms with Gasteiger partial charge in [0.2, 0.25) is 0 Å². The van der Waals surface area contributed by atoms with Crippen LogP contribution in [0.4, 0.5) is 4.79 Å². The molecule has 1 amide bonds. The summed E-state index contributed by atoms with van der Waals surface area (Å²) < 4.78 is 5.38. The predicted molar refractivity (Wildman–Crippen MR) is 76.0 cm³/mol. The molecule has 1 fully saturated rings. The monoisotopic (exact) mass is 282 g/mol. The van der Waals surface area contributed by atoms with Crippen LogP contribution in [0.5, 0.6) is 0 Å². The molecule has 0 aliphatic carbocycles. The number of nitriles is 1. The van der Waals surface area contributed by atoms with Crippen LogP contribution < -0.4 is 0 Å². The molecule has 1 saturated heterocycles. The van der Waals surface area contributed by atoms with E-state index in [9.17, 15) is 9.90 Å². The van der Waals surface area contributed by atoms with Crippen molar-refractivity contribution in [1.82, 2.24) is 4.90 Å². The number of carbonyl (C=O) groups excluding carboxylic acids is 1. The van der Waals surface area contributed by atoms with Crippen LogP contribution in [0.3, 0.4) is 0 Å². The normalized spacial score (nSPS) is 21.1. The van der Waals surface area contributed by atoms with Crippen molar-refractivity contribution in [2.45, 2.75) is 64.6 Å². The van der Waals surface area contributed by atoms with E-state index in [-0.39, 0.29) is 12.5 Å². The molecule has 0 aromatic rings. The number of nitrogens with zero attached hydrogens (tertiary/aromatic N) is 2. The molecule has 2 atom stereocenters. The number of carbonyl (C=O) groups is 1. The summed E-state index contributed by atoms with van der Waals surface area (Å²) in [5, 5.41) is 18.1. The molecule has 1 heterocycles. The summed E-state index contributed by atoms with van der Waals surface area (Å²) in [6.45, 7) is 7.03. The van der Waals surface area contributed by atoms with Gasteiger partial charge in [-0.1, -0.05) is 0 Å². The molecule has 0 aromatic heterocycles. The highest BCUT2D eigenvalue weighted by Gasteiger charge is 2.27. The fraction of sp³-hybridized carbons (Fsp3) is 0.867. The Kier molecular flexibility index (Phi) is 6.28. The Morgan fingerprint density at radius 2 is 2.25 bits per heavy atom. The lowest BCUT2D eigenvalue weighted by molar-refractivity contribution is 0.0154. The molecule has 1 aliphatic heterocycles. The highest BCUT2D eigenvalue weighted by Crippen LogP contribution is 2.23. The first-order valence-electron chi connectivity index (χ1n) is 7.35. The van der Waals surface area contributed by atoms with E-state index in [2.05, 4.69) is 0 Å². The van der Waals surface area contributed by atoms with Crippen molar-refractivity contribution >= 4 is 6.09 Å². The number of rotatable bonds is 4. The van der Waals surface area contributed by atoms with Crippen LogP contribution in [0.2, 0.25) is 0 Å². The SMILES string of the molecule is CC(C)(C)OC(=O)N1CCCC(CCC(O)CC#N)C1. The molecule has 0 radical (unpaired) electrons. The third-order valence-corrected chi connectivity index (χ3v) is 3.41. The third-order valence-electron chi connectivity index (χ3n) is 3.41. The summed E-state index contributed by atoms with van der Waals surface area (Å²) >= 11 is 0. The number of ether oxygens (including phenoxy) is 1. The van der Waals surface area contributed by atoms with Crippen LogP contribution in [-0.4, -0.2) is 40.9 Å². The van der Waals surface area contributed by atoms with Crippen LogP contribution in [0.15, 0.2) is 0 Å². The van der Waals surface area contributed by atoms with E-state index < -0.39 is 11.7 Å². The van der Waals surface area contributed by atoms with Gasteiger partial charge in [-0.25, -0.2) is 4.79 Å². The molecule has 0 aromatic carbocycles. The predicted octanol–water partition coefficient (Wildman–Crippen LogP) is 2.69. The summed E-state index contributed by atoms with van der Waals surface area (Å²) in [5.41, 5.74) is -0.465. The molecule has 2 unspecified atom stereocenters. The minimum absolute atomic E-state index is 0.183. The molecule has 5 nitrogen and oxygen atoms in total. The number of aliphatic hydroxyl groups excluding tert-OH is 1. The van der Waals surface area contributed by atoms with Gasteiger partial charge in [0.25, 0.3) is 0 Å². The average Bonchev–Trinajstić information content (AvgIpc) is 2.35. The van der Waals surface area contributed by atoms with E-state index in [1.807, 2.05) is 26.8 Å². The van der Waals surface area contributed by atoms with Crippen molar-refractivity contribution in [3.05, 3.63) is 0 Å². The van der Waals surface area contributed by atoms with Crippen molar-refractivity contribution < 1.29 is 14.6 Å². The topological polar surface area (TPSA) is 73.6 Å². The Balaban J connectivity index is 2.39. The largest absolute Gasteiger partial charge is 0.444 e. The molecule has 5 heteroatoms. The smallest absolute Gasteiger partial charge is 0.410 e. The molecule has 0 spiro atoms. The molecule has 0 saturated carbocycles. The Hall–Kier alpha value is -1.28. The van der Waals surface area contributed by atoms with Gasteiger partial charge in [-0.05, 0) is 52.4 Å². The van der Waals surface area contributed by atoms with Crippen molar-refractivity contribution in [3.63, 3.8) is 0 Å². The zero-order valence-electron chi connectivity index (χ0n) is 12.8. The lowest BCUT2D eigenvalue weighted by atomic mass is 9.92. The number of aliphatic hydroxyl groups is 1. The molecule has 1 N–H and O–H groups in total. The van der Waals surface area contributed by atoms with Gasteiger partial charge >= 0.3 is 6.09 Å². The van der Waals surface area contributed by atoms with Gasteiger partial charge in [0.15, 0.2) is 0 Å². The van der Waals surface area contributed by atoms with Gasteiger partial charge in [0.05, 0.1) is 18.6 Å². The second-order valence-electron chi connectivity index (χ2n) is 6.53. The Morgan fingerprint density at radius 3 is 2.85 bits per heavy atom. The fourth-order valence-electron chi connectivity index (χ4n) is 2.43. The molecular weight excluding hydrogens is 256 g/mol. The fourth-order valence-corrected chi connectivity index (χ4v) is 2.43. The molecular formula is C15H26N2O3. The van der Waals surface area contributed by atoms with E-state index in [0.29, 0.717) is 18.9 Å². The maximum atomic E-state index is 12.0. The van der Waals surface area contributed by atoms with Crippen LogP contribution >= 0.6 is 0 Å². The first-order valence-corrected chi connectivity index (χ1v) is 7.35. The Morgan fingerprint density at radius 1 is 1.55 bits per heavy atom. The van der Waals surface area contributed by atoms with Crippen molar-refractivity contribution in [2.24, 2.45) is 5.92 Å². The van der Waals surface area contributed by atoms with E-state index in [4.69, 9.17) is 10.00 Å². The summed E-state index contributed by atoms with van der Waals surface area (Å²) in [6, 6.07) is 1.97. The van der Waals surface area contributed by atoms with Crippen molar-refractivity contribution in [2.75, 3.05) is 13.1 Å². The highest BCUT2D eigenvalue weighted by atomic mass is 16.6. The second kappa shape index (κ2) is 7.49. The van der Waals surface area contributed by atoms with Gasteiger partial charge in [-0.3, -0.25) is 0 Å². The summed E-state index contributed by atoms with van der Waals surface area (Å²) in [7, 11) is 0. The minimum Gasteiger partial charge on any atom is -0.444 e. The van der Waals surface area contributed by atoms with Gasteiger partial charge in [0, 0.05) is 13.1 Å². The zero-order chi connectivity index (χ0) is 15.2. The van der Waals surface area contributed by atoms with Crippen LogP contribution in [0, 0.1) is 17.2 Å². The van der Waals surface area contributed by atoms with E-state index in [0.717, 1.165) is 25.8 Å². The van der Waals surface area contributed by atoms with Crippen molar-refractivity contribution in [3.8, 4) is 6.07 Å². The first-order chi connectivity index (χ1) is 9.31.